The molecule has 0 amide bonds. The Hall–Kier alpha value is -2.85. The lowest BCUT2D eigenvalue weighted by molar-refractivity contribution is -0.439. The zero-order valence-electron chi connectivity index (χ0n) is 19.1. The average molecular weight is 606 g/mol. The van der Waals surface area contributed by atoms with Gasteiger partial charge >= 0.3 is 41.8 Å². The fourth-order valence-electron chi connectivity index (χ4n) is 2.75. The summed E-state index contributed by atoms with van der Waals surface area (Å²) in [5.41, 5.74) is 0.118. The molecule has 0 heterocycles. The van der Waals surface area contributed by atoms with Gasteiger partial charge in [0.1, 0.15) is 11.5 Å². The van der Waals surface area contributed by atoms with Crippen LogP contribution >= 0.6 is 11.8 Å². The Morgan fingerprint density at radius 3 is 1.59 bits per heavy atom. The smallest absolute Gasteiger partial charge is 0.460 e. The molecule has 2 rings (SSSR count). The van der Waals surface area contributed by atoms with E-state index in [2.05, 4.69) is 0 Å². The number of halogens is 13. The number of hydrogen-bond donors (Lipinski definition) is 0. The van der Waals surface area contributed by atoms with Crippen LogP contribution in [0.2, 0.25) is 0 Å². The minimum atomic E-state index is -7.92. The first-order valence-electron chi connectivity index (χ1n) is 10.2. The fourth-order valence-corrected chi connectivity index (χ4v) is 3.68. The Kier molecular flexibility index (Phi) is 9.10. The van der Waals surface area contributed by atoms with E-state index in [9.17, 15) is 61.9 Å². The maximum absolute atomic E-state index is 13.9. The molecule has 218 valence electrons. The zero-order chi connectivity index (χ0) is 30.1. The van der Waals surface area contributed by atoms with Crippen LogP contribution in [-0.2, 0) is 0 Å². The molecule has 0 aliphatic rings. The van der Waals surface area contributed by atoms with E-state index in [1.165, 1.54) is 31.4 Å². The van der Waals surface area contributed by atoms with Crippen LogP contribution in [0.4, 0.5) is 57.1 Å². The molecule has 39 heavy (non-hydrogen) atoms. The van der Waals surface area contributed by atoms with Crippen molar-refractivity contribution in [2.75, 3.05) is 12.9 Å². The van der Waals surface area contributed by atoms with Gasteiger partial charge in [-0.25, -0.2) is 4.79 Å². The summed E-state index contributed by atoms with van der Waals surface area (Å²) in [6.07, 6.45) is -9.77. The van der Waals surface area contributed by atoms with Gasteiger partial charge in [0.25, 0.3) is 0 Å². The summed E-state index contributed by atoms with van der Waals surface area (Å²) in [6.45, 7) is 0. The molecule has 0 aliphatic carbocycles. The molecule has 0 bridgehead atoms. The van der Waals surface area contributed by atoms with E-state index in [1.807, 2.05) is 0 Å². The van der Waals surface area contributed by atoms with Gasteiger partial charge in [0.05, 0.1) is 12.7 Å². The van der Waals surface area contributed by atoms with Crippen LogP contribution in [-0.4, -0.2) is 54.6 Å². The number of carbonyl (C=O) groups excluding carboxylic acids is 1. The van der Waals surface area contributed by atoms with Crippen LogP contribution in [0.15, 0.2) is 53.4 Å². The maximum Gasteiger partial charge on any atom is 0.460 e. The molecule has 0 fully saturated rings. The number of alkyl halides is 13. The number of rotatable bonds is 11. The van der Waals surface area contributed by atoms with Crippen molar-refractivity contribution in [3.8, 4) is 11.5 Å². The van der Waals surface area contributed by atoms with Gasteiger partial charge in [-0.1, -0.05) is 0 Å². The van der Waals surface area contributed by atoms with Crippen molar-refractivity contribution < 1.29 is 71.3 Å². The molecule has 0 saturated carbocycles. The van der Waals surface area contributed by atoms with Gasteiger partial charge in [-0.3, -0.25) is 0 Å². The summed E-state index contributed by atoms with van der Waals surface area (Å²) in [4.78, 5) is 12.1. The van der Waals surface area contributed by atoms with Crippen molar-refractivity contribution in [2.24, 2.45) is 0 Å². The van der Waals surface area contributed by atoms with Crippen LogP contribution in [0.25, 0.3) is 0 Å². The molecule has 17 heteroatoms. The normalized spacial score (nSPS) is 13.8. The average Bonchev–Trinajstić information content (AvgIpc) is 2.83. The third-order valence-corrected chi connectivity index (χ3v) is 6.06. The van der Waals surface area contributed by atoms with Crippen LogP contribution in [0, 0.1) is 0 Å². The third-order valence-electron chi connectivity index (χ3n) is 5.04. The maximum atomic E-state index is 13.9. The van der Waals surface area contributed by atoms with E-state index in [4.69, 9.17) is 9.47 Å². The molecule has 2 aromatic carbocycles. The Morgan fingerprint density at radius 1 is 0.667 bits per heavy atom. The second-order valence-electron chi connectivity index (χ2n) is 7.69. The van der Waals surface area contributed by atoms with Gasteiger partial charge in [0, 0.05) is 17.1 Å². The first-order valence-corrected chi connectivity index (χ1v) is 11.2. The molecule has 0 spiro atoms. The lowest BCUT2D eigenvalue weighted by Crippen LogP contribution is -2.70. The number of thioether (sulfide) groups is 1. The molecule has 0 saturated heterocycles. The molecule has 0 atom stereocenters. The minimum Gasteiger partial charge on any atom is -0.497 e. The van der Waals surface area contributed by atoms with Gasteiger partial charge in [-0.05, 0) is 48.5 Å². The van der Waals surface area contributed by atoms with Gasteiger partial charge in [0.2, 0.25) is 0 Å². The van der Waals surface area contributed by atoms with E-state index >= 15 is 0 Å². The second-order valence-corrected chi connectivity index (χ2v) is 8.86. The first-order chi connectivity index (χ1) is 17.6. The number of benzene rings is 2. The van der Waals surface area contributed by atoms with Crippen molar-refractivity contribution in [2.45, 2.75) is 47.1 Å². The van der Waals surface area contributed by atoms with Gasteiger partial charge in [-0.15, -0.1) is 11.8 Å². The summed E-state index contributed by atoms with van der Waals surface area (Å²) in [5.74, 6) is -38.5. The van der Waals surface area contributed by atoms with Gasteiger partial charge in [0.15, 0.2) is 0 Å². The lowest BCUT2D eigenvalue weighted by Gasteiger charge is -2.39. The number of carbonyl (C=O) groups is 1. The van der Waals surface area contributed by atoms with E-state index in [0.717, 1.165) is 24.3 Å². The highest BCUT2D eigenvalue weighted by atomic mass is 32.2. The molecule has 3 nitrogen and oxygen atoms in total. The van der Waals surface area contributed by atoms with E-state index in [0.29, 0.717) is 17.5 Å². The summed E-state index contributed by atoms with van der Waals surface area (Å²) in [7, 11) is 1.40. The minimum absolute atomic E-state index is 0.000873. The van der Waals surface area contributed by atoms with Crippen molar-refractivity contribution in [1.82, 2.24) is 0 Å². The number of methoxy groups -OCH3 is 1. The second kappa shape index (κ2) is 11.0. The lowest BCUT2D eigenvalue weighted by atomic mass is 9.93. The Labute approximate surface area is 215 Å². The highest BCUT2D eigenvalue weighted by Gasteiger charge is 2.90. The number of hydrogen-bond acceptors (Lipinski definition) is 4. The largest absolute Gasteiger partial charge is 0.497 e. The van der Waals surface area contributed by atoms with Crippen molar-refractivity contribution in [3.63, 3.8) is 0 Å². The molecule has 0 aliphatic heterocycles. The first kappa shape index (κ1) is 32.4. The van der Waals surface area contributed by atoms with E-state index < -0.39 is 53.9 Å². The van der Waals surface area contributed by atoms with Crippen LogP contribution in [0.5, 0.6) is 11.5 Å². The molecule has 0 N–H and O–H groups in total. The molecule has 0 radical (unpaired) electrons. The highest BCUT2D eigenvalue weighted by Crippen LogP contribution is 2.60. The van der Waals surface area contributed by atoms with Gasteiger partial charge < -0.3 is 9.47 Å². The Bertz CT molecular complexity index is 1130. The van der Waals surface area contributed by atoms with Crippen molar-refractivity contribution in [3.05, 3.63) is 54.1 Å². The number of esters is 1. The van der Waals surface area contributed by atoms with Crippen molar-refractivity contribution in [1.29, 1.82) is 0 Å². The monoisotopic (exact) mass is 606 g/mol. The summed E-state index contributed by atoms with van der Waals surface area (Å²) in [6, 6.07) is 10.2. The Balaban J connectivity index is 2.06. The van der Waals surface area contributed by atoms with Gasteiger partial charge in [-0.2, -0.15) is 57.1 Å². The Morgan fingerprint density at radius 2 is 1.13 bits per heavy atom. The van der Waals surface area contributed by atoms with Crippen LogP contribution < -0.4 is 9.47 Å². The SMILES string of the molecule is COc1ccc(C(=O)Oc2ccc(SCCC(F)(F)C(F)(F)C(F)(F)C(F)(F)C(F)(F)C(F)(F)F)cc2)cc1. The highest BCUT2D eigenvalue weighted by molar-refractivity contribution is 7.99. The summed E-state index contributed by atoms with van der Waals surface area (Å²) in [5, 5.41) is 0. The van der Waals surface area contributed by atoms with Crippen molar-refractivity contribution >= 4 is 17.7 Å². The van der Waals surface area contributed by atoms with Crippen LogP contribution in [0.1, 0.15) is 16.8 Å². The van der Waals surface area contributed by atoms with Crippen LogP contribution in [0.3, 0.4) is 0 Å². The standard InChI is InChI=1S/C22H15F13O3S/c1-37-13-4-2-12(3-5-13)16(36)38-14-6-8-15(9-7-14)39-11-10-17(23,24)18(25,26)19(27,28)20(29,30)21(31,32)22(33,34)35/h2-9H,10-11H2,1H3. The topological polar surface area (TPSA) is 35.5 Å². The predicted octanol–water partition coefficient (Wildman–Crippen LogP) is 8.14. The molecular formula is C22H15F13O3S. The molecule has 2 aromatic rings. The summed E-state index contributed by atoms with van der Waals surface area (Å²) >= 11 is 0.291. The third kappa shape index (κ3) is 6.17. The molecule has 0 unspecified atom stereocenters. The number of ether oxygens (including phenoxy) is 2. The quantitative estimate of drug-likeness (QED) is 0.112. The van der Waals surface area contributed by atoms with E-state index in [-0.39, 0.29) is 16.2 Å². The van der Waals surface area contributed by atoms with E-state index in [1.54, 1.807) is 0 Å². The fraction of sp³-hybridized carbons (Fsp3) is 0.409. The molecular weight excluding hydrogens is 591 g/mol. The predicted molar refractivity (Wildman–Crippen MR) is 111 cm³/mol. The zero-order valence-corrected chi connectivity index (χ0v) is 19.9. The summed E-state index contributed by atoms with van der Waals surface area (Å²) < 4.78 is 181. The molecule has 0 aromatic heterocycles.